The summed E-state index contributed by atoms with van der Waals surface area (Å²) in [5.41, 5.74) is 3.32. The van der Waals surface area contributed by atoms with Gasteiger partial charge in [0.15, 0.2) is 6.17 Å². The Bertz CT molecular complexity index is 564. The minimum absolute atomic E-state index is 0.514. The van der Waals surface area contributed by atoms with Crippen molar-refractivity contribution in [2.45, 2.75) is 26.1 Å². The molecule has 2 heterocycles. The zero-order valence-electron chi connectivity index (χ0n) is 10.2. The van der Waals surface area contributed by atoms with E-state index in [2.05, 4.69) is 15.6 Å². The topological polar surface area (TPSA) is 42.7 Å². The van der Waals surface area contributed by atoms with Crippen molar-refractivity contribution in [3.8, 4) is 0 Å². The number of para-hydroxylation sites is 1. The van der Waals surface area contributed by atoms with E-state index in [1.165, 1.54) is 11.8 Å². The second kappa shape index (κ2) is 4.40. The van der Waals surface area contributed by atoms with E-state index < -0.39 is 6.17 Å². The molecule has 0 saturated carbocycles. The van der Waals surface area contributed by atoms with Gasteiger partial charge in [0, 0.05) is 24.3 Å². The molecule has 1 N–H and O–H groups in total. The maximum atomic E-state index is 14.7. The summed E-state index contributed by atoms with van der Waals surface area (Å²) in [5.74, 6) is 0. The number of aryl methyl sites for hydroxylation is 1. The van der Waals surface area contributed by atoms with E-state index in [1.54, 1.807) is 4.68 Å². The molecule has 1 unspecified atom stereocenters. The molecule has 0 radical (unpaired) electrons. The number of hydrogen-bond donors (Lipinski definition) is 1. The SMILES string of the molecule is CCn1nncc1C(F)c1cccc2c1NCC2. The Morgan fingerprint density at radius 2 is 2.39 bits per heavy atom. The van der Waals surface area contributed by atoms with Crippen LogP contribution in [0.2, 0.25) is 0 Å². The number of alkyl halides is 1. The van der Waals surface area contributed by atoms with Gasteiger partial charge in [0.1, 0.15) is 0 Å². The smallest absolute Gasteiger partial charge is 0.170 e. The Morgan fingerprint density at radius 1 is 1.50 bits per heavy atom. The Kier molecular flexibility index (Phi) is 2.74. The fraction of sp³-hybridized carbons (Fsp3) is 0.385. The molecule has 3 rings (SSSR count). The maximum Gasteiger partial charge on any atom is 0.170 e. The molecule has 1 atom stereocenters. The second-order valence-electron chi connectivity index (χ2n) is 4.40. The monoisotopic (exact) mass is 246 g/mol. The van der Waals surface area contributed by atoms with Crippen molar-refractivity contribution in [1.82, 2.24) is 15.0 Å². The molecule has 0 aliphatic carbocycles. The molecule has 0 bridgehead atoms. The van der Waals surface area contributed by atoms with Gasteiger partial charge in [-0.1, -0.05) is 23.4 Å². The Labute approximate surface area is 105 Å². The predicted molar refractivity (Wildman–Crippen MR) is 67.3 cm³/mol. The highest BCUT2D eigenvalue weighted by molar-refractivity contribution is 5.62. The Balaban J connectivity index is 2.03. The van der Waals surface area contributed by atoms with E-state index in [4.69, 9.17) is 0 Å². The van der Waals surface area contributed by atoms with Gasteiger partial charge in [-0.25, -0.2) is 9.07 Å². The molecule has 1 aliphatic heterocycles. The van der Waals surface area contributed by atoms with Crippen LogP contribution in [0.1, 0.15) is 29.9 Å². The zero-order valence-corrected chi connectivity index (χ0v) is 10.2. The van der Waals surface area contributed by atoms with Crippen molar-refractivity contribution in [2.24, 2.45) is 0 Å². The molecule has 94 valence electrons. The molecule has 1 aliphatic rings. The summed E-state index contributed by atoms with van der Waals surface area (Å²) in [7, 11) is 0. The number of aromatic nitrogens is 3. The lowest BCUT2D eigenvalue weighted by atomic mass is 10.0. The van der Waals surface area contributed by atoms with Gasteiger partial charge in [0.05, 0.1) is 11.9 Å². The molecule has 0 fully saturated rings. The first-order valence-electron chi connectivity index (χ1n) is 6.19. The first kappa shape index (κ1) is 11.2. The fourth-order valence-corrected chi connectivity index (χ4v) is 2.44. The standard InChI is InChI=1S/C13H15FN4/c1-2-18-11(8-16-17-18)12(14)10-5-3-4-9-6-7-15-13(9)10/h3-5,8,12,15H,2,6-7H2,1H3. The number of nitrogens with zero attached hydrogens (tertiary/aromatic N) is 3. The quantitative estimate of drug-likeness (QED) is 0.903. The summed E-state index contributed by atoms with van der Waals surface area (Å²) in [4.78, 5) is 0. The van der Waals surface area contributed by atoms with Crippen molar-refractivity contribution >= 4 is 5.69 Å². The lowest BCUT2D eigenvalue weighted by molar-refractivity contribution is 0.374. The molecule has 0 spiro atoms. The van der Waals surface area contributed by atoms with Crippen LogP contribution in [0.4, 0.5) is 10.1 Å². The minimum Gasteiger partial charge on any atom is -0.384 e. The van der Waals surface area contributed by atoms with Gasteiger partial charge in [-0.15, -0.1) is 5.10 Å². The first-order chi connectivity index (χ1) is 8.81. The molecular weight excluding hydrogens is 231 g/mol. The molecule has 0 saturated heterocycles. The van der Waals surface area contributed by atoms with Crippen LogP contribution in [0.5, 0.6) is 0 Å². The summed E-state index contributed by atoms with van der Waals surface area (Å²) >= 11 is 0. The highest BCUT2D eigenvalue weighted by Crippen LogP contribution is 2.35. The number of benzene rings is 1. The van der Waals surface area contributed by atoms with Gasteiger partial charge in [0.2, 0.25) is 0 Å². The Hall–Kier alpha value is -1.91. The van der Waals surface area contributed by atoms with Crippen molar-refractivity contribution in [3.05, 3.63) is 41.2 Å². The summed E-state index contributed by atoms with van der Waals surface area (Å²) in [6.07, 6.45) is 1.28. The highest BCUT2D eigenvalue weighted by atomic mass is 19.1. The van der Waals surface area contributed by atoms with Crippen molar-refractivity contribution < 1.29 is 4.39 Å². The van der Waals surface area contributed by atoms with Crippen LogP contribution < -0.4 is 5.32 Å². The molecule has 18 heavy (non-hydrogen) atoms. The second-order valence-corrected chi connectivity index (χ2v) is 4.40. The highest BCUT2D eigenvalue weighted by Gasteiger charge is 2.24. The molecule has 5 heteroatoms. The third kappa shape index (κ3) is 1.66. The molecular formula is C13H15FN4. The van der Waals surface area contributed by atoms with Crippen LogP contribution in [-0.4, -0.2) is 21.5 Å². The van der Waals surface area contributed by atoms with Crippen LogP contribution in [0.15, 0.2) is 24.4 Å². The Morgan fingerprint density at radius 3 is 3.22 bits per heavy atom. The zero-order chi connectivity index (χ0) is 12.5. The summed E-state index contributed by atoms with van der Waals surface area (Å²) in [5, 5.41) is 10.9. The lowest BCUT2D eigenvalue weighted by Crippen LogP contribution is -2.08. The van der Waals surface area contributed by atoms with Crippen LogP contribution in [0.25, 0.3) is 0 Å². The third-order valence-corrected chi connectivity index (χ3v) is 3.36. The van der Waals surface area contributed by atoms with E-state index in [0.717, 1.165) is 18.7 Å². The van der Waals surface area contributed by atoms with Crippen LogP contribution in [0.3, 0.4) is 0 Å². The number of fused-ring (bicyclic) bond motifs is 1. The molecule has 0 amide bonds. The van der Waals surface area contributed by atoms with Gasteiger partial charge < -0.3 is 5.32 Å². The number of nitrogens with one attached hydrogen (secondary N) is 1. The van der Waals surface area contributed by atoms with Crippen LogP contribution in [0, 0.1) is 0 Å². The predicted octanol–water partition coefficient (Wildman–Crippen LogP) is 2.32. The summed E-state index contributed by atoms with van der Waals surface area (Å²) < 4.78 is 16.3. The maximum absolute atomic E-state index is 14.7. The van der Waals surface area contributed by atoms with Crippen LogP contribution >= 0.6 is 0 Å². The average Bonchev–Trinajstić information content (AvgIpc) is 3.05. The number of halogens is 1. The van der Waals surface area contributed by atoms with Gasteiger partial charge in [-0.05, 0) is 18.9 Å². The van der Waals surface area contributed by atoms with Gasteiger partial charge in [-0.3, -0.25) is 0 Å². The summed E-state index contributed by atoms with van der Waals surface area (Å²) in [6, 6.07) is 5.78. The summed E-state index contributed by atoms with van der Waals surface area (Å²) in [6.45, 7) is 3.43. The largest absolute Gasteiger partial charge is 0.384 e. The van der Waals surface area contributed by atoms with Crippen molar-refractivity contribution in [2.75, 3.05) is 11.9 Å². The minimum atomic E-state index is -1.18. The molecule has 1 aromatic heterocycles. The fourth-order valence-electron chi connectivity index (χ4n) is 2.44. The van der Waals surface area contributed by atoms with Gasteiger partial charge in [0.25, 0.3) is 0 Å². The van der Waals surface area contributed by atoms with E-state index in [9.17, 15) is 4.39 Å². The molecule has 4 nitrogen and oxygen atoms in total. The van der Waals surface area contributed by atoms with Crippen LogP contribution in [-0.2, 0) is 13.0 Å². The normalized spacial score (nSPS) is 15.2. The van der Waals surface area contributed by atoms with E-state index >= 15 is 0 Å². The van der Waals surface area contributed by atoms with Gasteiger partial charge in [-0.2, -0.15) is 0 Å². The lowest BCUT2D eigenvalue weighted by Gasteiger charge is -2.13. The van der Waals surface area contributed by atoms with E-state index in [-0.39, 0.29) is 0 Å². The van der Waals surface area contributed by atoms with E-state index in [1.807, 2.05) is 25.1 Å². The number of hydrogen-bond acceptors (Lipinski definition) is 3. The first-order valence-corrected chi connectivity index (χ1v) is 6.19. The molecule has 1 aromatic carbocycles. The van der Waals surface area contributed by atoms with E-state index in [0.29, 0.717) is 17.8 Å². The average molecular weight is 246 g/mol. The molecule has 2 aromatic rings. The third-order valence-electron chi connectivity index (χ3n) is 3.36. The van der Waals surface area contributed by atoms with Crippen molar-refractivity contribution in [1.29, 1.82) is 0 Å². The number of rotatable bonds is 3. The number of anilines is 1. The van der Waals surface area contributed by atoms with Crippen molar-refractivity contribution in [3.63, 3.8) is 0 Å². The van der Waals surface area contributed by atoms with Gasteiger partial charge >= 0.3 is 0 Å².